The van der Waals surface area contributed by atoms with Crippen molar-refractivity contribution in [3.05, 3.63) is 142 Å². The first kappa shape index (κ1) is 44.7. The summed E-state index contributed by atoms with van der Waals surface area (Å²) < 4.78 is 0. The van der Waals surface area contributed by atoms with E-state index in [0.29, 0.717) is 22.3 Å². The van der Waals surface area contributed by atoms with Gasteiger partial charge >= 0.3 is 0 Å². The molecule has 0 aliphatic rings. The Morgan fingerprint density at radius 2 is 0.490 bits per heavy atom. The minimum atomic E-state index is -1.10. The van der Waals surface area contributed by atoms with E-state index in [0.717, 1.165) is 22.3 Å². The number of hydrogen-bond acceptors (Lipinski definition) is 8. The maximum Gasteiger partial charge on any atom is 0.0718 e. The predicted octanol–water partition coefficient (Wildman–Crippen LogP) is 4.31. The normalized spacial score (nSPS) is 10.0. The number of benzene rings is 4. The summed E-state index contributed by atoms with van der Waals surface area (Å²) in [6, 6.07) is 27.7. The summed E-state index contributed by atoms with van der Waals surface area (Å²) in [4.78, 5) is 42.5. The summed E-state index contributed by atoms with van der Waals surface area (Å²) in [6.45, 7) is 15.7. The number of carboxylic acid groups (broad SMARTS) is 4. The Morgan fingerprint density at radius 3 is 0.592 bits per heavy atom. The van der Waals surface area contributed by atoms with Gasteiger partial charge in [0.2, 0.25) is 0 Å². The molecule has 0 bridgehead atoms. The Bertz CT molecular complexity index is 1410. The Kier molecular flexibility index (Phi) is 20.4. The Morgan fingerprint density at radius 1 is 0.347 bits per heavy atom. The molecule has 0 aliphatic heterocycles. The van der Waals surface area contributed by atoms with Crippen LogP contribution >= 0.6 is 0 Å². The molecule has 4 aromatic carbocycles. The Balaban J connectivity index is 0.000000623. The molecule has 0 aliphatic carbocycles. The molecule has 0 N–H and O–H groups in total. The van der Waals surface area contributed by atoms with Gasteiger partial charge < -0.3 is 39.6 Å². The monoisotopic (exact) mass is 860 g/mol. The van der Waals surface area contributed by atoms with Crippen LogP contribution in [-0.2, 0) is 0 Å². The van der Waals surface area contributed by atoms with E-state index >= 15 is 0 Å². The van der Waals surface area contributed by atoms with Crippen LogP contribution in [0.2, 0.25) is 0 Å². The van der Waals surface area contributed by atoms with Gasteiger partial charge in [0, 0.05) is 49.6 Å². The first-order valence-electron chi connectivity index (χ1n) is 15.7. The first-order chi connectivity index (χ1) is 22.5. The van der Waals surface area contributed by atoms with E-state index < -0.39 is 23.9 Å². The Hall–Kier alpha value is -4.32. The molecule has 0 saturated heterocycles. The van der Waals surface area contributed by atoms with Gasteiger partial charge in [0.05, 0.1) is 23.9 Å². The van der Waals surface area contributed by atoms with Gasteiger partial charge in [-0.2, -0.15) is 0 Å². The number of carbonyl (C=O) groups is 4. The van der Waals surface area contributed by atoms with Crippen LogP contribution in [0.5, 0.6) is 0 Å². The fourth-order valence-electron chi connectivity index (χ4n) is 4.75. The van der Waals surface area contributed by atoms with Crippen molar-refractivity contribution >= 4 is 51.2 Å². The number of hydrogen-bond donors (Lipinski definition) is 0. The largest absolute Gasteiger partial charge is 0.545 e. The molecule has 0 aromatic heterocycles. The summed E-state index contributed by atoms with van der Waals surface area (Å²) in [6.07, 6.45) is 0. The van der Waals surface area contributed by atoms with Crippen molar-refractivity contribution < 1.29 is 39.6 Å². The zero-order chi connectivity index (χ0) is 36.6. The van der Waals surface area contributed by atoms with Crippen LogP contribution < -0.4 is 20.4 Å². The molecule has 0 fully saturated rings. The maximum atomic E-state index is 10.6. The summed E-state index contributed by atoms with van der Waals surface area (Å²) in [7, 11) is 0. The first-order valence-corrected chi connectivity index (χ1v) is 15.7. The third-order valence-electron chi connectivity index (χ3n) is 7.21. The molecule has 0 atom stereocenters. The SMILES string of the molecule is CC(C)c1ccccc1C(=O)[O-].CC(C)c1ccccc1C(=O)[O-].CC(C)c1ccccc1C(=O)[O-].CC(C)c1ccccc1C(=O)[O-].[Pb]. The molecule has 0 amide bonds. The van der Waals surface area contributed by atoms with Gasteiger partial charge in [0.1, 0.15) is 0 Å². The standard InChI is InChI=1S/4C10H12O2.Pb/c4*1-7(2)8-5-3-4-6-9(8)10(11)12;/h4*3-7H,1-2H3,(H,11,12);/p-4. The van der Waals surface area contributed by atoms with Gasteiger partial charge in [-0.25, -0.2) is 0 Å². The van der Waals surface area contributed by atoms with Crippen LogP contribution in [0, 0.1) is 0 Å². The second kappa shape index (κ2) is 22.3. The van der Waals surface area contributed by atoms with E-state index in [-0.39, 0.29) is 51.0 Å². The van der Waals surface area contributed by atoms with E-state index in [2.05, 4.69) is 0 Å². The number of carbonyl (C=O) groups excluding carboxylic acids is 4. The van der Waals surface area contributed by atoms with Crippen molar-refractivity contribution in [1.29, 1.82) is 0 Å². The van der Waals surface area contributed by atoms with Crippen molar-refractivity contribution in [2.75, 3.05) is 0 Å². The average Bonchev–Trinajstić information content (AvgIpc) is 3.05. The summed E-state index contributed by atoms with van der Waals surface area (Å²) in [5.41, 5.74) is 4.52. The Labute approximate surface area is 310 Å². The predicted molar refractivity (Wildman–Crippen MR) is 185 cm³/mol. The van der Waals surface area contributed by atoms with E-state index in [1.54, 1.807) is 48.5 Å². The van der Waals surface area contributed by atoms with Crippen molar-refractivity contribution in [3.63, 3.8) is 0 Å². The van der Waals surface area contributed by atoms with Crippen LogP contribution in [0.15, 0.2) is 97.1 Å². The van der Waals surface area contributed by atoms with Crippen LogP contribution in [0.3, 0.4) is 0 Å². The average molecular weight is 860 g/mol. The van der Waals surface area contributed by atoms with Gasteiger partial charge in [-0.05, 0) is 45.9 Å². The summed E-state index contributed by atoms with van der Waals surface area (Å²) in [5, 5.41) is 42.5. The zero-order valence-corrected chi connectivity index (χ0v) is 33.2. The maximum absolute atomic E-state index is 10.6. The van der Waals surface area contributed by atoms with Crippen molar-refractivity contribution in [2.24, 2.45) is 0 Å². The van der Waals surface area contributed by atoms with E-state index in [1.165, 1.54) is 0 Å². The van der Waals surface area contributed by atoms with Crippen LogP contribution in [-0.4, -0.2) is 51.2 Å². The van der Waals surface area contributed by atoms with Crippen LogP contribution in [0.1, 0.15) is 143 Å². The van der Waals surface area contributed by atoms with E-state index in [1.807, 2.05) is 104 Å². The molecule has 0 spiro atoms. The second-order valence-corrected chi connectivity index (χ2v) is 12.1. The van der Waals surface area contributed by atoms with Gasteiger partial charge in [0.25, 0.3) is 0 Å². The van der Waals surface area contributed by atoms with Gasteiger partial charge in [0.15, 0.2) is 0 Å². The summed E-state index contributed by atoms with van der Waals surface area (Å²) in [5.74, 6) is -3.51. The second-order valence-electron chi connectivity index (χ2n) is 12.1. The van der Waals surface area contributed by atoms with Crippen LogP contribution in [0.4, 0.5) is 0 Å². The van der Waals surface area contributed by atoms with E-state index in [4.69, 9.17) is 0 Å². The molecule has 0 unspecified atom stereocenters. The number of aromatic carboxylic acids is 4. The minimum absolute atomic E-state index is 0. The van der Waals surface area contributed by atoms with Crippen molar-refractivity contribution in [1.82, 2.24) is 0 Å². The molecule has 0 saturated carbocycles. The molecular weight excluding hydrogens is 816 g/mol. The fraction of sp³-hybridized carbons (Fsp3) is 0.300. The molecule has 0 heterocycles. The molecular formula is C40H44O8Pb-4. The number of rotatable bonds is 8. The molecule has 8 nitrogen and oxygen atoms in total. The fourth-order valence-corrected chi connectivity index (χ4v) is 4.75. The minimum Gasteiger partial charge on any atom is -0.545 e. The van der Waals surface area contributed by atoms with Crippen molar-refractivity contribution in [2.45, 2.75) is 79.1 Å². The third kappa shape index (κ3) is 14.8. The molecule has 4 rings (SSSR count). The van der Waals surface area contributed by atoms with Gasteiger partial charge in [-0.15, -0.1) is 0 Å². The zero-order valence-electron chi connectivity index (χ0n) is 29.3. The van der Waals surface area contributed by atoms with Crippen LogP contribution in [0.25, 0.3) is 0 Å². The molecule has 9 heteroatoms. The topological polar surface area (TPSA) is 161 Å². The van der Waals surface area contributed by atoms with Gasteiger partial charge in [-0.3, -0.25) is 0 Å². The smallest absolute Gasteiger partial charge is 0.0718 e. The molecule has 49 heavy (non-hydrogen) atoms. The van der Waals surface area contributed by atoms with E-state index in [9.17, 15) is 39.6 Å². The van der Waals surface area contributed by atoms with Gasteiger partial charge in [-0.1, -0.05) is 152 Å². The van der Waals surface area contributed by atoms with Crippen molar-refractivity contribution in [3.8, 4) is 0 Å². The number of carboxylic acids is 4. The molecule has 4 radical (unpaired) electrons. The molecule has 260 valence electrons. The quantitative estimate of drug-likeness (QED) is 0.237. The molecule has 4 aromatic rings. The summed E-state index contributed by atoms with van der Waals surface area (Å²) >= 11 is 0. The third-order valence-corrected chi connectivity index (χ3v) is 7.21.